The number of hydrogen-bond acceptors (Lipinski definition) is 1. The Morgan fingerprint density at radius 2 is 1.60 bits per heavy atom. The molecule has 0 saturated heterocycles. The zero-order valence-electron chi connectivity index (χ0n) is 14.1. The van der Waals surface area contributed by atoms with Gasteiger partial charge in [-0.1, -0.05) is 65.3 Å². The Kier molecular flexibility index (Phi) is 7.91. The van der Waals surface area contributed by atoms with Crippen LogP contribution in [0.3, 0.4) is 0 Å². The molecule has 0 aliphatic rings. The summed E-state index contributed by atoms with van der Waals surface area (Å²) in [6, 6.07) is 9.23. The van der Waals surface area contributed by atoms with E-state index in [4.69, 9.17) is 0 Å². The third-order valence-corrected chi connectivity index (χ3v) is 3.85. The molecule has 1 aromatic rings. The van der Waals surface area contributed by atoms with Crippen molar-refractivity contribution in [3.63, 3.8) is 0 Å². The van der Waals surface area contributed by atoms with Crippen molar-refractivity contribution in [3.8, 4) is 0 Å². The molecule has 0 heterocycles. The molecule has 0 saturated carbocycles. The first kappa shape index (κ1) is 17.2. The minimum absolute atomic E-state index is 0.628. The fraction of sp³-hybridized carbons (Fsp3) is 0.684. The molecule has 0 fully saturated rings. The van der Waals surface area contributed by atoms with Crippen LogP contribution in [0, 0.1) is 11.8 Å². The van der Waals surface area contributed by atoms with Crippen LogP contribution in [-0.4, -0.2) is 13.1 Å². The number of rotatable bonds is 9. The number of nitrogens with one attached hydrogen (secondary N) is 1. The van der Waals surface area contributed by atoms with E-state index >= 15 is 0 Å². The normalized spacial score (nSPS) is 13.2. The van der Waals surface area contributed by atoms with E-state index in [0.29, 0.717) is 5.92 Å². The van der Waals surface area contributed by atoms with Crippen LogP contribution in [0.15, 0.2) is 24.3 Å². The fourth-order valence-corrected chi connectivity index (χ4v) is 2.63. The molecule has 0 radical (unpaired) electrons. The van der Waals surface area contributed by atoms with Crippen LogP contribution in [0.2, 0.25) is 0 Å². The van der Waals surface area contributed by atoms with E-state index in [1.54, 1.807) is 0 Å². The molecule has 0 bridgehead atoms. The average Bonchev–Trinajstić information content (AvgIpc) is 2.39. The molecule has 1 atom stereocenters. The summed E-state index contributed by atoms with van der Waals surface area (Å²) < 4.78 is 0. The van der Waals surface area contributed by atoms with E-state index in [0.717, 1.165) is 24.9 Å². The third-order valence-electron chi connectivity index (χ3n) is 3.85. The van der Waals surface area contributed by atoms with Gasteiger partial charge in [0, 0.05) is 0 Å². The summed E-state index contributed by atoms with van der Waals surface area (Å²) in [7, 11) is 0. The first-order chi connectivity index (χ1) is 9.52. The molecule has 1 aromatic carbocycles. The Bertz CT molecular complexity index is 351. The lowest BCUT2D eigenvalue weighted by Gasteiger charge is -2.18. The quantitative estimate of drug-likeness (QED) is 0.667. The first-order valence-corrected chi connectivity index (χ1v) is 8.32. The lowest BCUT2D eigenvalue weighted by Crippen LogP contribution is -2.27. The number of benzene rings is 1. The van der Waals surface area contributed by atoms with E-state index in [9.17, 15) is 0 Å². The van der Waals surface area contributed by atoms with Gasteiger partial charge in [-0.25, -0.2) is 0 Å². The van der Waals surface area contributed by atoms with Crippen LogP contribution in [0.25, 0.3) is 0 Å². The highest BCUT2D eigenvalue weighted by Crippen LogP contribution is 2.18. The topological polar surface area (TPSA) is 12.0 Å². The standard InChI is InChI=1S/C19H33N/c1-6-7-18(14-20-13-15(2)3)12-17-8-10-19(11-9-17)16(4)5/h8-11,15-16,18,20H,6-7,12-14H2,1-5H3. The SMILES string of the molecule is CCCC(CNCC(C)C)Cc1ccc(C(C)C)cc1. The molecule has 0 aliphatic carbocycles. The highest BCUT2D eigenvalue weighted by atomic mass is 14.9. The van der Waals surface area contributed by atoms with E-state index in [1.807, 2.05) is 0 Å². The number of hydrogen-bond donors (Lipinski definition) is 1. The van der Waals surface area contributed by atoms with Crippen LogP contribution in [0.4, 0.5) is 0 Å². The van der Waals surface area contributed by atoms with E-state index < -0.39 is 0 Å². The second kappa shape index (κ2) is 9.18. The van der Waals surface area contributed by atoms with Crippen LogP contribution < -0.4 is 5.32 Å². The molecular formula is C19H33N. The summed E-state index contributed by atoms with van der Waals surface area (Å²) in [6.07, 6.45) is 3.80. The minimum atomic E-state index is 0.628. The maximum absolute atomic E-state index is 3.62. The Hall–Kier alpha value is -0.820. The van der Waals surface area contributed by atoms with Crippen molar-refractivity contribution in [1.82, 2.24) is 5.32 Å². The molecule has 1 unspecified atom stereocenters. The van der Waals surface area contributed by atoms with Gasteiger partial charge in [0.05, 0.1) is 0 Å². The summed E-state index contributed by atoms with van der Waals surface area (Å²) >= 11 is 0. The maximum Gasteiger partial charge on any atom is -0.00172 e. The van der Waals surface area contributed by atoms with Crippen molar-refractivity contribution in [2.75, 3.05) is 13.1 Å². The van der Waals surface area contributed by atoms with Gasteiger partial charge in [0.15, 0.2) is 0 Å². The second-order valence-electron chi connectivity index (χ2n) is 6.81. The highest BCUT2D eigenvalue weighted by Gasteiger charge is 2.09. The molecule has 0 aliphatic heterocycles. The van der Waals surface area contributed by atoms with Crippen molar-refractivity contribution in [2.45, 2.75) is 59.8 Å². The molecule has 0 spiro atoms. The summed E-state index contributed by atoms with van der Waals surface area (Å²) in [6.45, 7) is 13.6. The van der Waals surface area contributed by atoms with Crippen LogP contribution in [0.1, 0.15) is 64.5 Å². The van der Waals surface area contributed by atoms with Crippen LogP contribution in [-0.2, 0) is 6.42 Å². The molecule has 1 heteroatoms. The van der Waals surface area contributed by atoms with Gasteiger partial charge >= 0.3 is 0 Å². The molecular weight excluding hydrogens is 242 g/mol. The zero-order valence-corrected chi connectivity index (χ0v) is 14.1. The van der Waals surface area contributed by atoms with Gasteiger partial charge in [-0.2, -0.15) is 0 Å². The molecule has 1 rings (SSSR count). The van der Waals surface area contributed by atoms with Crippen molar-refractivity contribution in [2.24, 2.45) is 11.8 Å². The lowest BCUT2D eigenvalue weighted by molar-refractivity contribution is 0.421. The smallest absolute Gasteiger partial charge is 0.00172 e. The fourth-order valence-electron chi connectivity index (χ4n) is 2.63. The Balaban J connectivity index is 2.51. The Labute approximate surface area is 126 Å². The zero-order chi connectivity index (χ0) is 15.0. The van der Waals surface area contributed by atoms with Gasteiger partial charge in [-0.05, 0) is 54.8 Å². The van der Waals surface area contributed by atoms with Crippen molar-refractivity contribution < 1.29 is 0 Å². The van der Waals surface area contributed by atoms with Gasteiger partial charge in [0.1, 0.15) is 0 Å². The molecule has 20 heavy (non-hydrogen) atoms. The summed E-state index contributed by atoms with van der Waals surface area (Å²) in [5.41, 5.74) is 2.93. The molecule has 1 N–H and O–H groups in total. The Morgan fingerprint density at radius 3 is 2.10 bits per heavy atom. The van der Waals surface area contributed by atoms with Gasteiger partial charge in [-0.3, -0.25) is 0 Å². The maximum atomic E-state index is 3.62. The molecule has 0 amide bonds. The first-order valence-electron chi connectivity index (χ1n) is 8.32. The third kappa shape index (κ3) is 6.56. The van der Waals surface area contributed by atoms with E-state index in [1.165, 1.54) is 30.4 Å². The van der Waals surface area contributed by atoms with E-state index in [2.05, 4.69) is 64.2 Å². The average molecular weight is 275 g/mol. The van der Waals surface area contributed by atoms with Gasteiger partial charge in [0.25, 0.3) is 0 Å². The summed E-state index contributed by atoms with van der Waals surface area (Å²) in [4.78, 5) is 0. The largest absolute Gasteiger partial charge is 0.316 e. The predicted octanol–water partition coefficient (Wildman–Crippen LogP) is 5.01. The lowest BCUT2D eigenvalue weighted by atomic mass is 9.93. The van der Waals surface area contributed by atoms with Crippen LogP contribution in [0.5, 0.6) is 0 Å². The Morgan fingerprint density at radius 1 is 0.950 bits per heavy atom. The van der Waals surface area contributed by atoms with Crippen molar-refractivity contribution in [3.05, 3.63) is 35.4 Å². The van der Waals surface area contributed by atoms with Gasteiger partial charge in [0.2, 0.25) is 0 Å². The molecule has 0 aromatic heterocycles. The van der Waals surface area contributed by atoms with Crippen molar-refractivity contribution in [1.29, 1.82) is 0 Å². The van der Waals surface area contributed by atoms with Gasteiger partial charge in [-0.15, -0.1) is 0 Å². The monoisotopic (exact) mass is 275 g/mol. The predicted molar refractivity (Wildman–Crippen MR) is 90.3 cm³/mol. The van der Waals surface area contributed by atoms with E-state index in [-0.39, 0.29) is 0 Å². The minimum Gasteiger partial charge on any atom is -0.316 e. The molecule has 1 nitrogen and oxygen atoms in total. The summed E-state index contributed by atoms with van der Waals surface area (Å²) in [5, 5.41) is 3.62. The van der Waals surface area contributed by atoms with Gasteiger partial charge < -0.3 is 5.32 Å². The van der Waals surface area contributed by atoms with Crippen molar-refractivity contribution >= 4 is 0 Å². The van der Waals surface area contributed by atoms with Crippen LogP contribution >= 0.6 is 0 Å². The molecule has 114 valence electrons. The summed E-state index contributed by atoms with van der Waals surface area (Å²) in [5.74, 6) is 2.13. The second-order valence-corrected chi connectivity index (χ2v) is 6.81. The highest BCUT2D eigenvalue weighted by molar-refractivity contribution is 5.25.